The molecule has 4 heteroatoms. The summed E-state index contributed by atoms with van der Waals surface area (Å²) in [5.74, 6) is 0.793. The van der Waals surface area contributed by atoms with Crippen LogP contribution in [0.2, 0.25) is 0 Å². The monoisotopic (exact) mass is 308 g/mol. The van der Waals surface area contributed by atoms with E-state index in [1.165, 1.54) is 0 Å². The molecule has 3 aromatic rings. The predicted molar refractivity (Wildman–Crippen MR) is 91.6 cm³/mol. The number of allylic oxidation sites excluding steroid dienone is 1. The fourth-order valence-electron chi connectivity index (χ4n) is 2.59. The molecule has 118 valence electrons. The fraction of sp³-hybridized carbons (Fsp3) is 0.211. The molecule has 1 unspecified atom stereocenters. The van der Waals surface area contributed by atoms with Gasteiger partial charge in [0, 0.05) is 0 Å². The molecule has 1 atom stereocenters. The van der Waals surface area contributed by atoms with Gasteiger partial charge in [-0.2, -0.15) is 0 Å². The summed E-state index contributed by atoms with van der Waals surface area (Å²) in [6.45, 7) is 4.44. The van der Waals surface area contributed by atoms with Gasteiger partial charge in [-0.25, -0.2) is 4.98 Å². The summed E-state index contributed by atoms with van der Waals surface area (Å²) in [7, 11) is 0. The van der Waals surface area contributed by atoms with E-state index in [4.69, 9.17) is 4.74 Å². The normalized spacial score (nSPS) is 12.2. The van der Waals surface area contributed by atoms with Crippen LogP contribution in [-0.2, 0) is 13.0 Å². The second-order valence-corrected chi connectivity index (χ2v) is 5.45. The number of imidazole rings is 1. The number of aliphatic hydroxyl groups is 1. The molecule has 0 aliphatic carbocycles. The molecule has 0 aliphatic rings. The van der Waals surface area contributed by atoms with Gasteiger partial charge in [-0.05, 0) is 30.2 Å². The Bertz CT molecular complexity index is 795. The zero-order chi connectivity index (χ0) is 16.1. The molecule has 3 rings (SSSR count). The molecule has 0 amide bonds. The summed E-state index contributed by atoms with van der Waals surface area (Å²) in [6, 6.07) is 15.7. The van der Waals surface area contributed by atoms with Gasteiger partial charge in [-0.3, -0.25) is 0 Å². The predicted octanol–water partition coefficient (Wildman–Crippen LogP) is 3.20. The van der Waals surface area contributed by atoms with Gasteiger partial charge in [0.05, 0.1) is 23.9 Å². The summed E-state index contributed by atoms with van der Waals surface area (Å²) >= 11 is 0. The molecule has 0 radical (unpaired) electrons. The Morgan fingerprint density at radius 1 is 1.17 bits per heavy atom. The van der Waals surface area contributed by atoms with Gasteiger partial charge < -0.3 is 14.4 Å². The number of hydrogen-bond acceptors (Lipinski definition) is 3. The molecule has 23 heavy (non-hydrogen) atoms. The summed E-state index contributed by atoms with van der Waals surface area (Å²) in [5, 5.41) is 10.3. The zero-order valence-electron chi connectivity index (χ0n) is 12.9. The summed E-state index contributed by atoms with van der Waals surface area (Å²) in [5.41, 5.74) is 3.01. The first-order valence-electron chi connectivity index (χ1n) is 7.67. The molecular formula is C19H20N2O2. The average Bonchev–Trinajstić information content (AvgIpc) is 2.98. The van der Waals surface area contributed by atoms with Gasteiger partial charge in [-0.1, -0.05) is 36.4 Å². The van der Waals surface area contributed by atoms with Gasteiger partial charge in [0.25, 0.3) is 0 Å². The van der Waals surface area contributed by atoms with E-state index < -0.39 is 6.10 Å². The van der Waals surface area contributed by atoms with Crippen molar-refractivity contribution in [2.45, 2.75) is 19.1 Å². The van der Waals surface area contributed by atoms with Gasteiger partial charge in [-0.15, -0.1) is 6.58 Å². The minimum Gasteiger partial charge on any atom is -0.491 e. The number of hydrogen-bond donors (Lipinski definition) is 1. The van der Waals surface area contributed by atoms with Crippen LogP contribution >= 0.6 is 0 Å². The molecule has 0 fully saturated rings. The molecule has 0 saturated carbocycles. The van der Waals surface area contributed by atoms with E-state index in [2.05, 4.69) is 11.6 Å². The van der Waals surface area contributed by atoms with Gasteiger partial charge >= 0.3 is 0 Å². The lowest BCUT2D eigenvalue weighted by atomic mass is 10.1. The molecule has 0 spiro atoms. The maximum absolute atomic E-state index is 10.3. The van der Waals surface area contributed by atoms with Crippen molar-refractivity contribution >= 4 is 11.0 Å². The van der Waals surface area contributed by atoms with Crippen LogP contribution in [-0.4, -0.2) is 27.4 Å². The topological polar surface area (TPSA) is 47.3 Å². The van der Waals surface area contributed by atoms with Crippen molar-refractivity contribution < 1.29 is 9.84 Å². The van der Waals surface area contributed by atoms with E-state index in [9.17, 15) is 5.11 Å². The Morgan fingerprint density at radius 2 is 1.96 bits per heavy atom. The van der Waals surface area contributed by atoms with Crippen molar-refractivity contribution in [1.29, 1.82) is 0 Å². The third-order valence-electron chi connectivity index (χ3n) is 3.70. The Kier molecular flexibility index (Phi) is 4.74. The van der Waals surface area contributed by atoms with Crippen molar-refractivity contribution in [3.63, 3.8) is 0 Å². The van der Waals surface area contributed by atoms with Crippen molar-refractivity contribution in [1.82, 2.24) is 9.55 Å². The SMILES string of the molecule is C=CCc1ccccc1OCC(O)Cn1cnc2ccccc21. The van der Waals surface area contributed by atoms with Crippen LogP contribution in [0.1, 0.15) is 5.56 Å². The van der Waals surface area contributed by atoms with E-state index in [-0.39, 0.29) is 6.61 Å². The van der Waals surface area contributed by atoms with E-state index in [1.807, 2.05) is 59.2 Å². The minimum absolute atomic E-state index is 0.237. The second-order valence-electron chi connectivity index (χ2n) is 5.45. The number of rotatable bonds is 7. The van der Waals surface area contributed by atoms with Gasteiger partial charge in [0.15, 0.2) is 0 Å². The van der Waals surface area contributed by atoms with Crippen LogP contribution in [0.4, 0.5) is 0 Å². The molecule has 1 N–H and O–H groups in total. The lowest BCUT2D eigenvalue weighted by molar-refractivity contribution is 0.0930. The Morgan fingerprint density at radius 3 is 2.83 bits per heavy atom. The highest BCUT2D eigenvalue weighted by Crippen LogP contribution is 2.19. The largest absolute Gasteiger partial charge is 0.491 e. The van der Waals surface area contributed by atoms with Gasteiger partial charge in [0.1, 0.15) is 18.5 Å². The third kappa shape index (κ3) is 3.60. The van der Waals surface area contributed by atoms with E-state index in [0.29, 0.717) is 6.54 Å². The summed E-state index contributed by atoms with van der Waals surface area (Å²) in [4.78, 5) is 4.33. The molecule has 0 aliphatic heterocycles. The minimum atomic E-state index is -0.607. The third-order valence-corrected chi connectivity index (χ3v) is 3.70. The molecule has 1 aromatic heterocycles. The average molecular weight is 308 g/mol. The van der Waals surface area contributed by atoms with Crippen LogP contribution in [0.5, 0.6) is 5.75 Å². The van der Waals surface area contributed by atoms with E-state index >= 15 is 0 Å². The molecule has 4 nitrogen and oxygen atoms in total. The Balaban J connectivity index is 1.64. The van der Waals surface area contributed by atoms with Crippen molar-refractivity contribution in [3.05, 3.63) is 73.1 Å². The summed E-state index contributed by atoms with van der Waals surface area (Å²) < 4.78 is 7.72. The maximum Gasteiger partial charge on any atom is 0.122 e. The molecule has 2 aromatic carbocycles. The Hall–Kier alpha value is -2.59. The second kappa shape index (κ2) is 7.11. The van der Waals surface area contributed by atoms with E-state index in [1.54, 1.807) is 6.33 Å². The quantitative estimate of drug-likeness (QED) is 0.682. The number of fused-ring (bicyclic) bond motifs is 1. The highest BCUT2D eigenvalue weighted by molar-refractivity contribution is 5.74. The van der Waals surface area contributed by atoms with Crippen LogP contribution in [0.15, 0.2) is 67.5 Å². The van der Waals surface area contributed by atoms with Crippen LogP contribution in [0.3, 0.4) is 0 Å². The number of aromatic nitrogens is 2. The lowest BCUT2D eigenvalue weighted by Gasteiger charge is -2.15. The molecule has 0 bridgehead atoms. The maximum atomic E-state index is 10.3. The number of ether oxygens (including phenoxy) is 1. The standard InChI is InChI=1S/C19H20N2O2/c1-2-7-15-8-3-6-11-19(15)23-13-16(22)12-21-14-20-17-9-4-5-10-18(17)21/h2-6,8-11,14,16,22H,1,7,12-13H2. The lowest BCUT2D eigenvalue weighted by Crippen LogP contribution is -2.23. The smallest absolute Gasteiger partial charge is 0.122 e. The zero-order valence-corrected chi connectivity index (χ0v) is 12.9. The van der Waals surface area contributed by atoms with Crippen LogP contribution < -0.4 is 4.74 Å². The van der Waals surface area contributed by atoms with E-state index in [0.717, 1.165) is 28.8 Å². The van der Waals surface area contributed by atoms with Gasteiger partial charge in [0.2, 0.25) is 0 Å². The number of benzene rings is 2. The number of aliphatic hydroxyl groups excluding tert-OH is 1. The van der Waals surface area contributed by atoms with Crippen molar-refractivity contribution in [2.24, 2.45) is 0 Å². The number of para-hydroxylation sites is 3. The summed E-state index contributed by atoms with van der Waals surface area (Å²) in [6.07, 6.45) is 3.73. The molecule has 0 saturated heterocycles. The van der Waals surface area contributed by atoms with Crippen LogP contribution in [0.25, 0.3) is 11.0 Å². The first-order valence-corrected chi connectivity index (χ1v) is 7.67. The highest BCUT2D eigenvalue weighted by Gasteiger charge is 2.10. The fourth-order valence-corrected chi connectivity index (χ4v) is 2.59. The molecule has 1 heterocycles. The Labute approximate surface area is 135 Å². The first-order chi connectivity index (χ1) is 11.3. The highest BCUT2D eigenvalue weighted by atomic mass is 16.5. The number of nitrogens with zero attached hydrogens (tertiary/aromatic N) is 2. The van der Waals surface area contributed by atoms with Crippen molar-refractivity contribution in [3.8, 4) is 5.75 Å². The molecular weight excluding hydrogens is 288 g/mol. The van der Waals surface area contributed by atoms with Crippen molar-refractivity contribution in [2.75, 3.05) is 6.61 Å². The first kappa shape index (κ1) is 15.3. The van der Waals surface area contributed by atoms with Crippen LogP contribution in [0, 0.1) is 0 Å².